The number of piperidine rings is 3. The minimum absolute atomic E-state index is 0.0357. The monoisotopic (exact) mass is 498 g/mol. The van der Waals surface area contributed by atoms with Crippen LogP contribution >= 0.6 is 0 Å². The van der Waals surface area contributed by atoms with Gasteiger partial charge in [-0.05, 0) is 48.1 Å². The summed E-state index contributed by atoms with van der Waals surface area (Å²) >= 11 is 0. The molecule has 194 valence electrons. The van der Waals surface area contributed by atoms with Gasteiger partial charge in [0.25, 0.3) is 0 Å². The average Bonchev–Trinajstić information content (AvgIpc) is 2.94. The fraction of sp³-hybridized carbons (Fsp3) is 0.406. The van der Waals surface area contributed by atoms with Crippen LogP contribution in [0.4, 0.5) is 0 Å². The molecular formula is C32H38N2O3. The molecule has 0 radical (unpaired) electrons. The predicted octanol–water partition coefficient (Wildman–Crippen LogP) is 5.34. The van der Waals surface area contributed by atoms with Crippen LogP contribution in [0.25, 0.3) is 0 Å². The summed E-state index contributed by atoms with van der Waals surface area (Å²) in [7, 11) is 1.72. The highest BCUT2D eigenvalue weighted by Crippen LogP contribution is 2.44. The van der Waals surface area contributed by atoms with E-state index in [0.29, 0.717) is 13.1 Å². The minimum Gasteiger partial charge on any atom is -0.496 e. The smallest absolute Gasteiger partial charge is 0.308 e. The van der Waals surface area contributed by atoms with Crippen molar-refractivity contribution in [2.75, 3.05) is 20.2 Å². The van der Waals surface area contributed by atoms with Gasteiger partial charge in [0.1, 0.15) is 5.75 Å². The van der Waals surface area contributed by atoms with Crippen LogP contribution in [0.1, 0.15) is 47.9 Å². The Morgan fingerprint density at radius 3 is 2.32 bits per heavy atom. The fourth-order valence-corrected chi connectivity index (χ4v) is 6.68. The van der Waals surface area contributed by atoms with Gasteiger partial charge in [-0.3, -0.25) is 9.69 Å². The number of rotatable bonds is 10. The van der Waals surface area contributed by atoms with Crippen molar-refractivity contribution in [1.29, 1.82) is 0 Å². The lowest BCUT2D eigenvalue weighted by Crippen LogP contribution is -2.68. The Morgan fingerprint density at radius 2 is 1.73 bits per heavy atom. The number of nitrogens with one attached hydrogen (secondary N) is 1. The molecule has 2 N–H and O–H groups in total. The number of aliphatic carboxylic acids is 1. The Kier molecular flexibility index (Phi) is 7.92. The third-order valence-electron chi connectivity index (χ3n) is 8.34. The van der Waals surface area contributed by atoms with E-state index in [-0.39, 0.29) is 29.8 Å². The quantitative estimate of drug-likeness (QED) is 0.395. The number of carboxylic acid groups (broad SMARTS) is 1. The zero-order valence-electron chi connectivity index (χ0n) is 21.8. The van der Waals surface area contributed by atoms with E-state index in [1.807, 2.05) is 0 Å². The number of hydrogen-bond acceptors (Lipinski definition) is 4. The maximum atomic E-state index is 12.3. The molecule has 0 aromatic heterocycles. The van der Waals surface area contributed by atoms with E-state index >= 15 is 0 Å². The molecule has 3 aliphatic rings. The maximum Gasteiger partial charge on any atom is 0.308 e. The van der Waals surface area contributed by atoms with Crippen LogP contribution in [0.2, 0.25) is 0 Å². The van der Waals surface area contributed by atoms with Crippen LogP contribution in [0.15, 0.2) is 78.9 Å². The number of carbonyl (C=O) groups is 1. The van der Waals surface area contributed by atoms with E-state index in [9.17, 15) is 9.90 Å². The molecule has 6 rings (SSSR count). The van der Waals surface area contributed by atoms with E-state index in [4.69, 9.17) is 4.74 Å². The predicted molar refractivity (Wildman–Crippen MR) is 147 cm³/mol. The summed E-state index contributed by atoms with van der Waals surface area (Å²) in [6.07, 6.45) is 3.02. The highest BCUT2D eigenvalue weighted by atomic mass is 16.5. The van der Waals surface area contributed by atoms with E-state index in [1.165, 1.54) is 16.7 Å². The van der Waals surface area contributed by atoms with Crippen molar-refractivity contribution in [2.24, 2.45) is 11.8 Å². The Labute approximate surface area is 220 Å². The first kappa shape index (κ1) is 25.5. The molecule has 5 nitrogen and oxygen atoms in total. The van der Waals surface area contributed by atoms with Gasteiger partial charge in [0, 0.05) is 36.7 Å². The van der Waals surface area contributed by atoms with E-state index in [2.05, 4.69) is 96.0 Å². The van der Waals surface area contributed by atoms with Gasteiger partial charge < -0.3 is 15.2 Å². The number of fused-ring (bicyclic) bond motifs is 3. The lowest BCUT2D eigenvalue weighted by Gasteiger charge is -2.56. The number of hydrogen-bond donors (Lipinski definition) is 2. The van der Waals surface area contributed by atoms with Crippen molar-refractivity contribution < 1.29 is 14.6 Å². The van der Waals surface area contributed by atoms with Crippen molar-refractivity contribution in [1.82, 2.24) is 10.2 Å². The highest BCUT2D eigenvalue weighted by Gasteiger charge is 2.52. The summed E-state index contributed by atoms with van der Waals surface area (Å²) in [5, 5.41) is 14.0. The molecule has 3 aliphatic heterocycles. The summed E-state index contributed by atoms with van der Waals surface area (Å²) in [4.78, 5) is 14.8. The van der Waals surface area contributed by atoms with Gasteiger partial charge in [-0.2, -0.15) is 0 Å². The third-order valence-corrected chi connectivity index (χ3v) is 8.34. The molecule has 3 aromatic rings. The van der Waals surface area contributed by atoms with Gasteiger partial charge in [-0.25, -0.2) is 0 Å². The molecule has 37 heavy (non-hydrogen) atoms. The van der Waals surface area contributed by atoms with E-state index in [1.54, 1.807) is 7.11 Å². The molecule has 3 aromatic carbocycles. The standard InChI is InChI=1S/C32H38N2O3/c1-3-10-22-15-16-28(37-2)25(19-22)20-33-30-26-17-18-34(21-27(26)32(35)36)31(30)29(23-11-6-4-7-12-23)24-13-8-5-9-14-24/h4-9,11-16,19,26-27,29-31,33H,3,10,17-18,20-21H2,1-2H3,(H,35,36). The number of nitrogens with zero attached hydrogens (tertiary/aromatic N) is 1. The Balaban J connectivity index is 1.53. The molecule has 3 heterocycles. The molecule has 5 heteroatoms. The fourth-order valence-electron chi connectivity index (χ4n) is 6.68. The van der Waals surface area contributed by atoms with E-state index in [0.717, 1.165) is 37.1 Å². The van der Waals surface area contributed by atoms with Gasteiger partial charge in [-0.1, -0.05) is 86.1 Å². The first-order chi connectivity index (χ1) is 18.1. The summed E-state index contributed by atoms with van der Waals surface area (Å²) in [6, 6.07) is 28.0. The summed E-state index contributed by atoms with van der Waals surface area (Å²) in [6.45, 7) is 4.38. The van der Waals surface area contributed by atoms with E-state index < -0.39 is 5.97 Å². The zero-order valence-corrected chi connectivity index (χ0v) is 21.8. The molecule has 5 atom stereocenters. The van der Waals surface area contributed by atoms with Crippen LogP contribution in [-0.2, 0) is 17.8 Å². The number of methoxy groups -OCH3 is 1. The number of carboxylic acids is 1. The third kappa shape index (κ3) is 5.29. The van der Waals surface area contributed by atoms with Crippen molar-refractivity contribution in [3.8, 4) is 5.75 Å². The van der Waals surface area contributed by atoms with Crippen LogP contribution in [0.3, 0.4) is 0 Å². The molecule has 0 saturated carbocycles. The first-order valence-electron chi connectivity index (χ1n) is 13.6. The van der Waals surface area contributed by atoms with Crippen LogP contribution in [-0.4, -0.2) is 48.3 Å². The molecule has 3 saturated heterocycles. The Morgan fingerprint density at radius 1 is 1.05 bits per heavy atom. The lowest BCUT2D eigenvalue weighted by atomic mass is 9.66. The number of benzene rings is 3. The Bertz CT molecular complexity index is 1140. The molecule has 0 amide bonds. The second kappa shape index (κ2) is 11.5. The molecule has 3 fully saturated rings. The van der Waals surface area contributed by atoms with Gasteiger partial charge >= 0.3 is 5.97 Å². The van der Waals surface area contributed by atoms with Crippen LogP contribution in [0, 0.1) is 11.8 Å². The summed E-state index contributed by atoms with van der Waals surface area (Å²) in [5.74, 6) is 0.0575. The highest BCUT2D eigenvalue weighted by molar-refractivity contribution is 5.71. The summed E-state index contributed by atoms with van der Waals surface area (Å²) < 4.78 is 5.71. The maximum absolute atomic E-state index is 12.3. The van der Waals surface area contributed by atoms with Crippen molar-refractivity contribution >= 4 is 5.97 Å². The summed E-state index contributed by atoms with van der Waals surface area (Å²) in [5.41, 5.74) is 4.98. The molecule has 5 unspecified atom stereocenters. The molecule has 0 aliphatic carbocycles. The van der Waals surface area contributed by atoms with Crippen molar-refractivity contribution in [3.05, 3.63) is 101 Å². The number of aryl methyl sites for hydroxylation is 1. The first-order valence-corrected chi connectivity index (χ1v) is 13.6. The minimum atomic E-state index is -0.682. The lowest BCUT2D eigenvalue weighted by molar-refractivity contribution is -0.152. The molecular weight excluding hydrogens is 460 g/mol. The van der Waals surface area contributed by atoms with Gasteiger partial charge in [-0.15, -0.1) is 0 Å². The molecule has 0 spiro atoms. The largest absolute Gasteiger partial charge is 0.496 e. The van der Waals surface area contributed by atoms with Crippen molar-refractivity contribution in [2.45, 2.75) is 50.7 Å². The van der Waals surface area contributed by atoms with Crippen LogP contribution in [0.5, 0.6) is 5.75 Å². The average molecular weight is 499 g/mol. The topological polar surface area (TPSA) is 61.8 Å². The van der Waals surface area contributed by atoms with Gasteiger partial charge in [0.2, 0.25) is 0 Å². The Hall–Kier alpha value is -3.15. The molecule has 2 bridgehead atoms. The van der Waals surface area contributed by atoms with Gasteiger partial charge in [0.15, 0.2) is 0 Å². The second-order valence-electron chi connectivity index (χ2n) is 10.5. The zero-order chi connectivity index (χ0) is 25.8. The normalized spacial score (nSPS) is 24.8. The SMILES string of the molecule is CCCc1ccc(OC)c(CNC2C3CCN(CC3C(=O)O)C2C(c2ccccc2)c2ccccc2)c1. The van der Waals surface area contributed by atoms with Crippen molar-refractivity contribution in [3.63, 3.8) is 0 Å². The number of ether oxygens (including phenoxy) is 1. The van der Waals surface area contributed by atoms with Gasteiger partial charge in [0.05, 0.1) is 13.0 Å². The second-order valence-corrected chi connectivity index (χ2v) is 10.5. The van der Waals surface area contributed by atoms with Crippen LogP contribution < -0.4 is 10.1 Å².